The first-order chi connectivity index (χ1) is 9.72. The number of nitrogens with two attached hydrogens (primary N) is 1. The highest BCUT2D eigenvalue weighted by atomic mass is 79.9. The first kappa shape index (κ1) is 18.2. The maximum Gasteiger partial charge on any atom is 0.241 e. The Morgan fingerprint density at radius 3 is 2.33 bits per heavy atom. The zero-order valence-electron chi connectivity index (χ0n) is 12.0. The van der Waals surface area contributed by atoms with E-state index in [-0.39, 0.29) is 11.4 Å². The molecule has 0 radical (unpaired) electrons. The number of halogens is 1. The van der Waals surface area contributed by atoms with Crippen molar-refractivity contribution in [3.63, 3.8) is 0 Å². The van der Waals surface area contributed by atoms with Crippen molar-refractivity contribution in [3.05, 3.63) is 16.6 Å². The molecule has 21 heavy (non-hydrogen) atoms. The van der Waals surface area contributed by atoms with Crippen LogP contribution in [0.2, 0.25) is 0 Å². The number of hydrogen-bond acceptors (Lipinski definition) is 6. The van der Waals surface area contributed by atoms with Gasteiger partial charge >= 0.3 is 0 Å². The van der Waals surface area contributed by atoms with Gasteiger partial charge in [-0.25, -0.2) is 13.1 Å². The Bertz CT molecular complexity index is 592. The Hall–Kier alpha value is -0.870. The lowest BCUT2D eigenvalue weighted by atomic mass is 10.2. The number of methoxy groups -OCH3 is 2. The summed E-state index contributed by atoms with van der Waals surface area (Å²) in [4.78, 5) is -0.00190. The monoisotopic (exact) mass is 382 g/mol. The summed E-state index contributed by atoms with van der Waals surface area (Å²) in [6.45, 7) is 1.41. The van der Waals surface area contributed by atoms with Crippen LogP contribution in [0.4, 0.5) is 0 Å². The van der Waals surface area contributed by atoms with Crippen molar-refractivity contribution in [2.45, 2.75) is 24.0 Å². The van der Waals surface area contributed by atoms with Crippen LogP contribution in [0.1, 0.15) is 6.92 Å². The van der Waals surface area contributed by atoms with Crippen LogP contribution in [0, 0.1) is 0 Å². The first-order valence-corrected chi connectivity index (χ1v) is 8.35. The van der Waals surface area contributed by atoms with Crippen molar-refractivity contribution in [2.24, 2.45) is 5.73 Å². The van der Waals surface area contributed by atoms with Gasteiger partial charge in [-0.05, 0) is 28.9 Å². The maximum absolute atomic E-state index is 12.3. The van der Waals surface area contributed by atoms with E-state index < -0.39 is 22.2 Å². The standard InChI is InChI=1S/C12H19BrN2O5S/c1-7(16)9(14)6-15-21(17,18)12-5-11(20-3)10(19-2)4-8(12)13/h4-5,7,9,15-16H,6,14H2,1-3H3. The van der Waals surface area contributed by atoms with Crippen LogP contribution in [-0.4, -0.2) is 46.4 Å². The van der Waals surface area contributed by atoms with Crippen molar-refractivity contribution in [1.82, 2.24) is 4.72 Å². The topological polar surface area (TPSA) is 111 Å². The fourth-order valence-electron chi connectivity index (χ4n) is 1.50. The molecule has 0 aliphatic rings. The molecule has 0 heterocycles. The van der Waals surface area contributed by atoms with E-state index in [2.05, 4.69) is 20.7 Å². The molecular formula is C12H19BrN2O5S. The second kappa shape index (κ2) is 7.41. The van der Waals surface area contributed by atoms with Crippen LogP contribution >= 0.6 is 15.9 Å². The van der Waals surface area contributed by atoms with Crippen molar-refractivity contribution in [1.29, 1.82) is 0 Å². The minimum atomic E-state index is -3.80. The largest absolute Gasteiger partial charge is 0.493 e. The third kappa shape index (κ3) is 4.55. The van der Waals surface area contributed by atoms with Gasteiger partial charge in [0.2, 0.25) is 10.0 Å². The molecule has 0 aliphatic heterocycles. The molecule has 0 aliphatic carbocycles. The van der Waals surface area contributed by atoms with Crippen LogP contribution < -0.4 is 19.9 Å². The first-order valence-electron chi connectivity index (χ1n) is 6.07. The zero-order chi connectivity index (χ0) is 16.2. The van der Waals surface area contributed by atoms with Crippen molar-refractivity contribution >= 4 is 26.0 Å². The molecule has 1 aromatic rings. The zero-order valence-corrected chi connectivity index (χ0v) is 14.4. The van der Waals surface area contributed by atoms with Gasteiger partial charge in [0.25, 0.3) is 0 Å². The average Bonchev–Trinajstić information content (AvgIpc) is 2.43. The number of sulfonamides is 1. The van der Waals surface area contributed by atoms with Gasteiger partial charge in [-0.15, -0.1) is 0 Å². The normalized spacial score (nSPS) is 14.6. The molecule has 9 heteroatoms. The summed E-state index contributed by atoms with van der Waals surface area (Å²) in [6, 6.07) is 2.15. The van der Waals surface area contributed by atoms with Crippen molar-refractivity contribution < 1.29 is 23.0 Å². The molecule has 0 fully saturated rings. The van der Waals surface area contributed by atoms with E-state index in [9.17, 15) is 13.5 Å². The molecule has 2 atom stereocenters. The second-order valence-corrected chi connectivity index (χ2v) is 6.98. The number of rotatable bonds is 7. The SMILES string of the molecule is COc1cc(Br)c(S(=O)(=O)NCC(N)C(C)O)cc1OC. The van der Waals surface area contributed by atoms with Gasteiger partial charge in [-0.2, -0.15) is 0 Å². The third-order valence-electron chi connectivity index (χ3n) is 2.86. The summed E-state index contributed by atoms with van der Waals surface area (Å²) in [5.74, 6) is 0.699. The number of aliphatic hydroxyl groups is 1. The Labute approximate surface area is 132 Å². The average molecular weight is 383 g/mol. The molecule has 0 aromatic heterocycles. The van der Waals surface area contributed by atoms with Crippen LogP contribution in [0.25, 0.3) is 0 Å². The van der Waals surface area contributed by atoms with Gasteiger partial charge in [0.05, 0.1) is 20.3 Å². The van der Waals surface area contributed by atoms with E-state index in [1.807, 2.05) is 0 Å². The van der Waals surface area contributed by atoms with E-state index in [1.54, 1.807) is 0 Å². The van der Waals surface area contributed by atoms with Gasteiger partial charge in [-0.3, -0.25) is 0 Å². The van der Waals surface area contributed by atoms with Crippen LogP contribution in [0.3, 0.4) is 0 Å². The molecule has 2 unspecified atom stereocenters. The molecule has 4 N–H and O–H groups in total. The van der Waals surface area contributed by atoms with Gasteiger partial charge in [0, 0.05) is 23.1 Å². The van der Waals surface area contributed by atoms with Gasteiger partial charge in [-0.1, -0.05) is 0 Å². The fourth-order valence-corrected chi connectivity index (χ4v) is 3.60. The molecule has 1 aromatic carbocycles. The number of hydrogen-bond donors (Lipinski definition) is 3. The minimum absolute atomic E-state index is 0.00190. The van der Waals surface area contributed by atoms with E-state index >= 15 is 0 Å². The molecule has 0 amide bonds. The van der Waals surface area contributed by atoms with E-state index in [0.29, 0.717) is 16.0 Å². The van der Waals surface area contributed by atoms with Gasteiger partial charge < -0.3 is 20.3 Å². The summed E-state index contributed by atoms with van der Waals surface area (Å²) < 4.78 is 37.4. The number of benzene rings is 1. The lowest BCUT2D eigenvalue weighted by Gasteiger charge is -2.17. The number of ether oxygens (including phenoxy) is 2. The molecule has 1 rings (SSSR count). The van der Waals surface area contributed by atoms with Crippen LogP contribution in [-0.2, 0) is 10.0 Å². The second-order valence-electron chi connectivity index (χ2n) is 4.39. The van der Waals surface area contributed by atoms with E-state index in [4.69, 9.17) is 15.2 Å². The molecule has 0 bridgehead atoms. The Balaban J connectivity index is 3.08. The molecular weight excluding hydrogens is 364 g/mol. The lowest BCUT2D eigenvalue weighted by molar-refractivity contribution is 0.164. The maximum atomic E-state index is 12.3. The lowest BCUT2D eigenvalue weighted by Crippen LogP contribution is -2.43. The van der Waals surface area contributed by atoms with Crippen LogP contribution in [0.15, 0.2) is 21.5 Å². The molecule has 7 nitrogen and oxygen atoms in total. The summed E-state index contributed by atoms with van der Waals surface area (Å²) >= 11 is 3.19. The summed E-state index contributed by atoms with van der Waals surface area (Å²) in [7, 11) is -0.928. The summed E-state index contributed by atoms with van der Waals surface area (Å²) in [5, 5.41) is 9.29. The predicted octanol–water partition coefficient (Wildman–Crippen LogP) is 0.453. The molecule has 0 saturated heterocycles. The predicted molar refractivity (Wildman–Crippen MR) is 82.1 cm³/mol. The number of nitrogens with one attached hydrogen (secondary N) is 1. The Morgan fingerprint density at radius 1 is 1.33 bits per heavy atom. The Morgan fingerprint density at radius 2 is 1.86 bits per heavy atom. The van der Waals surface area contributed by atoms with Gasteiger partial charge in [0.15, 0.2) is 11.5 Å². The fraction of sp³-hybridized carbons (Fsp3) is 0.500. The molecule has 0 saturated carbocycles. The highest BCUT2D eigenvalue weighted by Crippen LogP contribution is 2.35. The van der Waals surface area contributed by atoms with Crippen LogP contribution in [0.5, 0.6) is 11.5 Å². The van der Waals surface area contributed by atoms with Crippen molar-refractivity contribution in [3.8, 4) is 11.5 Å². The highest BCUT2D eigenvalue weighted by molar-refractivity contribution is 9.10. The minimum Gasteiger partial charge on any atom is -0.493 e. The van der Waals surface area contributed by atoms with E-state index in [0.717, 1.165) is 0 Å². The smallest absolute Gasteiger partial charge is 0.241 e. The molecule has 0 spiro atoms. The van der Waals surface area contributed by atoms with Gasteiger partial charge in [0.1, 0.15) is 4.90 Å². The summed E-state index contributed by atoms with van der Waals surface area (Å²) in [6.07, 6.45) is -0.818. The van der Waals surface area contributed by atoms with E-state index in [1.165, 1.54) is 33.3 Å². The number of aliphatic hydroxyl groups excluding tert-OH is 1. The summed E-state index contributed by atoms with van der Waals surface area (Å²) in [5.41, 5.74) is 5.61. The Kier molecular flexibility index (Phi) is 6.41. The van der Waals surface area contributed by atoms with Crippen molar-refractivity contribution in [2.75, 3.05) is 20.8 Å². The quantitative estimate of drug-likeness (QED) is 0.631. The third-order valence-corrected chi connectivity index (χ3v) is 5.24. The highest BCUT2D eigenvalue weighted by Gasteiger charge is 2.22. The molecule has 120 valence electrons.